The lowest BCUT2D eigenvalue weighted by Gasteiger charge is -2.14. The number of hydrogen-bond donors (Lipinski definition) is 2. The molecule has 0 aliphatic carbocycles. The fourth-order valence-corrected chi connectivity index (χ4v) is 1.86. The summed E-state index contributed by atoms with van der Waals surface area (Å²) < 4.78 is 38.7. The first-order chi connectivity index (χ1) is 8.84. The molecule has 106 valence electrons. The highest BCUT2D eigenvalue weighted by molar-refractivity contribution is 9.10. The molecule has 1 rings (SSSR count). The lowest BCUT2D eigenvalue weighted by atomic mass is 10.1. The van der Waals surface area contributed by atoms with E-state index in [1.165, 1.54) is 12.1 Å². The number of amides is 1. The number of benzene rings is 1. The summed E-state index contributed by atoms with van der Waals surface area (Å²) in [5.41, 5.74) is -1.08. The normalized spacial score (nSPS) is 11.4. The number of carbonyl (C=O) groups excluding carboxylic acids is 1. The number of anilines is 1. The van der Waals surface area contributed by atoms with Crippen molar-refractivity contribution < 1.29 is 18.0 Å². The van der Waals surface area contributed by atoms with Gasteiger partial charge in [-0.3, -0.25) is 4.79 Å². The summed E-state index contributed by atoms with van der Waals surface area (Å²) in [5, 5.41) is 5.16. The van der Waals surface area contributed by atoms with Gasteiger partial charge in [0.2, 0.25) is 5.91 Å². The van der Waals surface area contributed by atoms with E-state index in [4.69, 9.17) is 0 Å². The molecule has 0 bridgehead atoms. The predicted molar refractivity (Wildman–Crippen MR) is 70.9 cm³/mol. The van der Waals surface area contributed by atoms with Gasteiger partial charge in [0.05, 0.1) is 11.3 Å². The fourth-order valence-electron chi connectivity index (χ4n) is 1.50. The third-order valence-corrected chi connectivity index (χ3v) is 2.88. The highest BCUT2D eigenvalue weighted by atomic mass is 79.9. The first-order valence-corrected chi connectivity index (χ1v) is 6.45. The Hall–Kier alpha value is -1.08. The Morgan fingerprint density at radius 3 is 2.63 bits per heavy atom. The lowest BCUT2D eigenvalue weighted by molar-refractivity contribution is -0.137. The second-order valence-corrected chi connectivity index (χ2v) is 4.86. The summed E-state index contributed by atoms with van der Waals surface area (Å²) in [4.78, 5) is 11.5. The zero-order chi connectivity index (χ0) is 14.5. The van der Waals surface area contributed by atoms with Gasteiger partial charge in [0.1, 0.15) is 0 Å². The largest absolute Gasteiger partial charge is 0.418 e. The molecular formula is C12H14BrF3N2O. The number of rotatable bonds is 5. The smallest absolute Gasteiger partial charge is 0.326 e. The van der Waals surface area contributed by atoms with Crippen LogP contribution < -0.4 is 10.6 Å². The van der Waals surface area contributed by atoms with E-state index in [-0.39, 0.29) is 12.1 Å². The zero-order valence-electron chi connectivity index (χ0n) is 10.3. The van der Waals surface area contributed by atoms with Crippen molar-refractivity contribution in [3.05, 3.63) is 28.2 Å². The van der Waals surface area contributed by atoms with Crippen molar-refractivity contribution in [2.24, 2.45) is 0 Å². The second-order valence-electron chi connectivity index (χ2n) is 3.94. The van der Waals surface area contributed by atoms with Gasteiger partial charge in [-0.15, -0.1) is 0 Å². The van der Waals surface area contributed by atoms with Crippen LogP contribution in [0.5, 0.6) is 0 Å². The first-order valence-electron chi connectivity index (χ1n) is 5.66. The van der Waals surface area contributed by atoms with Gasteiger partial charge < -0.3 is 10.6 Å². The van der Waals surface area contributed by atoms with Crippen molar-refractivity contribution in [2.75, 3.05) is 18.9 Å². The van der Waals surface area contributed by atoms with Gasteiger partial charge in [-0.2, -0.15) is 13.2 Å². The number of alkyl halides is 3. The Balaban J connectivity index is 2.80. The van der Waals surface area contributed by atoms with Crippen LogP contribution in [0.4, 0.5) is 18.9 Å². The number of halogens is 4. The molecule has 0 aromatic heterocycles. The molecule has 0 unspecified atom stereocenters. The Bertz CT molecular complexity index is 449. The van der Waals surface area contributed by atoms with E-state index in [1.807, 2.05) is 0 Å². The molecule has 2 N–H and O–H groups in total. The van der Waals surface area contributed by atoms with Crippen LogP contribution in [0.25, 0.3) is 0 Å². The van der Waals surface area contributed by atoms with E-state index < -0.39 is 17.6 Å². The minimum Gasteiger partial charge on any atom is -0.326 e. The number of carbonyl (C=O) groups is 1. The summed E-state index contributed by atoms with van der Waals surface area (Å²) in [5.74, 6) is -0.428. The average molecular weight is 339 g/mol. The van der Waals surface area contributed by atoms with Crippen LogP contribution in [0.2, 0.25) is 0 Å². The second kappa shape index (κ2) is 6.91. The SMILES string of the molecule is CNCCCC(=O)Nc1ccc(Br)cc1C(F)(F)F. The van der Waals surface area contributed by atoms with Crippen molar-refractivity contribution in [3.63, 3.8) is 0 Å². The van der Waals surface area contributed by atoms with Gasteiger partial charge in [-0.25, -0.2) is 0 Å². The minimum absolute atomic E-state index is 0.175. The van der Waals surface area contributed by atoms with Gasteiger partial charge in [0.15, 0.2) is 0 Å². The quantitative estimate of drug-likeness (QED) is 0.808. The summed E-state index contributed by atoms with van der Waals surface area (Å²) in [6.45, 7) is 0.639. The Morgan fingerprint density at radius 1 is 1.37 bits per heavy atom. The summed E-state index contributed by atoms with van der Waals surface area (Å²) >= 11 is 2.99. The van der Waals surface area contributed by atoms with E-state index in [0.717, 1.165) is 6.07 Å². The molecule has 0 fully saturated rings. The van der Waals surface area contributed by atoms with Crippen molar-refractivity contribution in [1.29, 1.82) is 0 Å². The highest BCUT2D eigenvalue weighted by Crippen LogP contribution is 2.36. The van der Waals surface area contributed by atoms with Gasteiger partial charge in [0.25, 0.3) is 0 Å². The van der Waals surface area contributed by atoms with E-state index in [1.54, 1.807) is 7.05 Å². The Kier molecular flexibility index (Phi) is 5.81. The lowest BCUT2D eigenvalue weighted by Crippen LogP contribution is -2.18. The average Bonchev–Trinajstić information content (AvgIpc) is 2.30. The molecule has 0 aliphatic heterocycles. The maximum Gasteiger partial charge on any atom is 0.418 e. The van der Waals surface area contributed by atoms with E-state index >= 15 is 0 Å². The standard InChI is InChI=1S/C12H14BrF3N2O/c1-17-6-2-3-11(19)18-10-5-4-8(13)7-9(10)12(14,15)16/h4-5,7,17H,2-3,6H2,1H3,(H,18,19). The van der Waals surface area contributed by atoms with Crippen LogP contribution in [0.15, 0.2) is 22.7 Å². The molecule has 0 heterocycles. The first kappa shape index (κ1) is 16.0. The summed E-state index contributed by atoms with van der Waals surface area (Å²) in [7, 11) is 1.74. The highest BCUT2D eigenvalue weighted by Gasteiger charge is 2.34. The molecule has 0 saturated heterocycles. The molecular weight excluding hydrogens is 325 g/mol. The van der Waals surface area contributed by atoms with Crippen LogP contribution in [0.3, 0.4) is 0 Å². The van der Waals surface area contributed by atoms with Crippen molar-refractivity contribution in [1.82, 2.24) is 5.32 Å². The maximum absolute atomic E-state index is 12.8. The van der Waals surface area contributed by atoms with E-state index in [9.17, 15) is 18.0 Å². The molecule has 1 amide bonds. The van der Waals surface area contributed by atoms with Crippen molar-refractivity contribution >= 4 is 27.5 Å². The number of hydrogen-bond acceptors (Lipinski definition) is 2. The zero-order valence-corrected chi connectivity index (χ0v) is 11.9. The molecule has 3 nitrogen and oxygen atoms in total. The molecule has 0 radical (unpaired) electrons. The van der Waals surface area contributed by atoms with Gasteiger partial charge in [-0.1, -0.05) is 15.9 Å². The fraction of sp³-hybridized carbons (Fsp3) is 0.417. The van der Waals surface area contributed by atoms with Gasteiger partial charge in [-0.05, 0) is 38.2 Å². The van der Waals surface area contributed by atoms with Gasteiger partial charge in [0, 0.05) is 10.9 Å². The molecule has 19 heavy (non-hydrogen) atoms. The van der Waals surface area contributed by atoms with Crippen LogP contribution in [0.1, 0.15) is 18.4 Å². The molecule has 0 spiro atoms. The maximum atomic E-state index is 12.8. The predicted octanol–water partition coefficient (Wildman–Crippen LogP) is 3.41. The topological polar surface area (TPSA) is 41.1 Å². The van der Waals surface area contributed by atoms with E-state index in [0.29, 0.717) is 17.4 Å². The van der Waals surface area contributed by atoms with Gasteiger partial charge >= 0.3 is 6.18 Å². The third kappa shape index (κ3) is 5.20. The van der Waals surface area contributed by atoms with Crippen LogP contribution in [0, 0.1) is 0 Å². The van der Waals surface area contributed by atoms with Crippen LogP contribution >= 0.6 is 15.9 Å². The Morgan fingerprint density at radius 2 is 2.05 bits per heavy atom. The van der Waals surface area contributed by atoms with Crippen molar-refractivity contribution in [2.45, 2.75) is 19.0 Å². The molecule has 1 aromatic carbocycles. The molecule has 0 atom stereocenters. The summed E-state index contributed by atoms with van der Waals surface area (Å²) in [6, 6.07) is 3.64. The minimum atomic E-state index is -4.50. The molecule has 0 aliphatic rings. The number of nitrogens with one attached hydrogen (secondary N) is 2. The molecule has 7 heteroatoms. The van der Waals surface area contributed by atoms with E-state index in [2.05, 4.69) is 26.6 Å². The van der Waals surface area contributed by atoms with Crippen LogP contribution in [-0.2, 0) is 11.0 Å². The molecule has 0 saturated carbocycles. The Labute approximate surface area is 117 Å². The summed E-state index contributed by atoms with van der Waals surface area (Å²) in [6.07, 6.45) is -3.76. The molecule has 1 aromatic rings. The third-order valence-electron chi connectivity index (χ3n) is 2.39. The van der Waals surface area contributed by atoms with Crippen molar-refractivity contribution in [3.8, 4) is 0 Å². The monoisotopic (exact) mass is 338 g/mol. The van der Waals surface area contributed by atoms with Crippen LogP contribution in [-0.4, -0.2) is 19.5 Å².